The molecule has 0 aliphatic carbocycles. The second-order valence-corrected chi connectivity index (χ2v) is 4.48. The number of nitro groups is 1. The fraction of sp³-hybridized carbons (Fsp3) is 0.600. The number of nitrogens with zero attached hydrogens (tertiary/aromatic N) is 3. The lowest BCUT2D eigenvalue weighted by molar-refractivity contribution is -0.385. The van der Waals surface area contributed by atoms with Crippen LogP contribution in [0.5, 0.6) is 0 Å². The normalized spacial score (nSPS) is 12.2. The van der Waals surface area contributed by atoms with E-state index in [4.69, 9.17) is 0 Å². The largest absolute Gasteiger partial charge is 0.362 e. The van der Waals surface area contributed by atoms with Crippen LogP contribution in [0.15, 0.2) is 5.16 Å². The Balaban J connectivity index is 3.22. The molecule has 0 aromatic carbocycles. The molecular weight excluding hydrogens is 240 g/mol. The van der Waals surface area contributed by atoms with E-state index in [0.717, 1.165) is 6.42 Å². The highest BCUT2D eigenvalue weighted by atomic mass is 32.2. The summed E-state index contributed by atoms with van der Waals surface area (Å²) in [6.07, 6.45) is 2.71. The van der Waals surface area contributed by atoms with Gasteiger partial charge in [-0.1, -0.05) is 18.7 Å². The number of anilines is 1. The van der Waals surface area contributed by atoms with E-state index in [2.05, 4.69) is 15.3 Å². The summed E-state index contributed by atoms with van der Waals surface area (Å²) < 4.78 is 0. The Morgan fingerprint density at radius 1 is 1.53 bits per heavy atom. The summed E-state index contributed by atoms with van der Waals surface area (Å²) in [5, 5.41) is 14.6. The van der Waals surface area contributed by atoms with E-state index in [1.807, 2.05) is 20.1 Å². The van der Waals surface area contributed by atoms with E-state index in [1.54, 1.807) is 6.92 Å². The van der Waals surface area contributed by atoms with E-state index in [-0.39, 0.29) is 11.7 Å². The lowest BCUT2D eigenvalue weighted by atomic mass is 10.2. The fourth-order valence-electron chi connectivity index (χ4n) is 1.29. The van der Waals surface area contributed by atoms with E-state index in [0.29, 0.717) is 16.7 Å². The number of thioether (sulfide) groups is 1. The Morgan fingerprint density at radius 3 is 2.65 bits per heavy atom. The van der Waals surface area contributed by atoms with Crippen molar-refractivity contribution in [2.45, 2.75) is 38.4 Å². The van der Waals surface area contributed by atoms with Gasteiger partial charge in [0.2, 0.25) is 5.82 Å². The number of nitrogens with one attached hydrogen (secondary N) is 1. The molecule has 1 heterocycles. The maximum Gasteiger partial charge on any atom is 0.332 e. The fourth-order valence-corrected chi connectivity index (χ4v) is 1.70. The highest BCUT2D eigenvalue weighted by molar-refractivity contribution is 7.98. The second-order valence-electron chi connectivity index (χ2n) is 3.70. The zero-order valence-electron chi connectivity index (χ0n) is 10.4. The second kappa shape index (κ2) is 5.81. The number of rotatable bonds is 5. The van der Waals surface area contributed by atoms with Crippen LogP contribution in [0.3, 0.4) is 0 Å². The summed E-state index contributed by atoms with van der Waals surface area (Å²) in [5.74, 6) is 0.307. The molecule has 6 nitrogen and oxygen atoms in total. The first-order chi connectivity index (χ1) is 7.99. The Bertz CT molecular complexity index is 425. The van der Waals surface area contributed by atoms with Crippen LogP contribution >= 0.6 is 11.8 Å². The van der Waals surface area contributed by atoms with Crippen LogP contribution in [0.2, 0.25) is 0 Å². The van der Waals surface area contributed by atoms with Gasteiger partial charge in [0.25, 0.3) is 0 Å². The summed E-state index contributed by atoms with van der Waals surface area (Å²) in [4.78, 5) is 18.8. The first kappa shape index (κ1) is 13.7. The maximum absolute atomic E-state index is 11.0. The summed E-state index contributed by atoms with van der Waals surface area (Å²) in [6.45, 7) is 5.59. The number of aromatic nitrogens is 2. The molecule has 0 bridgehead atoms. The molecular formula is C10H16N4O2S. The highest BCUT2D eigenvalue weighted by Crippen LogP contribution is 2.28. The van der Waals surface area contributed by atoms with E-state index in [9.17, 15) is 10.1 Å². The smallest absolute Gasteiger partial charge is 0.332 e. The van der Waals surface area contributed by atoms with Crippen molar-refractivity contribution in [3.05, 3.63) is 15.8 Å². The minimum atomic E-state index is -0.440. The number of hydrogen-bond acceptors (Lipinski definition) is 6. The van der Waals surface area contributed by atoms with Gasteiger partial charge in [-0.25, -0.2) is 4.98 Å². The van der Waals surface area contributed by atoms with Gasteiger partial charge in [-0.05, 0) is 26.5 Å². The third-order valence-electron chi connectivity index (χ3n) is 2.40. The third kappa shape index (κ3) is 3.29. The molecule has 0 aliphatic heterocycles. The van der Waals surface area contributed by atoms with E-state index < -0.39 is 4.92 Å². The average molecular weight is 256 g/mol. The maximum atomic E-state index is 11.0. The Labute approximate surface area is 104 Å². The molecule has 0 saturated carbocycles. The predicted octanol–water partition coefficient (Wildman–Crippen LogP) is 2.63. The molecule has 17 heavy (non-hydrogen) atoms. The molecule has 0 spiro atoms. The molecule has 1 N–H and O–H groups in total. The zero-order chi connectivity index (χ0) is 13.0. The lowest BCUT2D eigenvalue weighted by Crippen LogP contribution is -2.17. The van der Waals surface area contributed by atoms with Crippen molar-refractivity contribution in [2.24, 2.45) is 0 Å². The molecule has 7 heteroatoms. The van der Waals surface area contributed by atoms with Gasteiger partial charge in [0.1, 0.15) is 5.69 Å². The van der Waals surface area contributed by atoms with Crippen LogP contribution in [0.1, 0.15) is 26.0 Å². The predicted molar refractivity (Wildman–Crippen MR) is 68.6 cm³/mol. The van der Waals surface area contributed by atoms with Gasteiger partial charge >= 0.3 is 5.69 Å². The lowest BCUT2D eigenvalue weighted by Gasteiger charge is -2.13. The minimum absolute atomic E-state index is 0.0388. The summed E-state index contributed by atoms with van der Waals surface area (Å²) in [5.41, 5.74) is 0.350. The quantitative estimate of drug-likeness (QED) is 0.377. The van der Waals surface area contributed by atoms with E-state index >= 15 is 0 Å². The highest BCUT2D eigenvalue weighted by Gasteiger charge is 2.22. The van der Waals surface area contributed by atoms with Gasteiger partial charge in [-0.3, -0.25) is 10.1 Å². The Kier molecular flexibility index (Phi) is 4.68. The Hall–Kier alpha value is -1.37. The molecule has 1 rings (SSSR count). The zero-order valence-corrected chi connectivity index (χ0v) is 11.2. The molecule has 1 unspecified atom stereocenters. The summed E-state index contributed by atoms with van der Waals surface area (Å²) >= 11 is 1.37. The molecule has 0 amide bonds. The van der Waals surface area contributed by atoms with Crippen LogP contribution in [-0.2, 0) is 0 Å². The van der Waals surface area contributed by atoms with Crippen molar-refractivity contribution in [1.29, 1.82) is 0 Å². The van der Waals surface area contributed by atoms with Gasteiger partial charge < -0.3 is 5.32 Å². The SMILES string of the molecule is CCC(C)Nc1nc(SC)nc(C)c1[N+](=O)[O-]. The monoisotopic (exact) mass is 256 g/mol. The van der Waals surface area contributed by atoms with Crippen LogP contribution < -0.4 is 5.32 Å². The van der Waals surface area contributed by atoms with Crippen molar-refractivity contribution < 1.29 is 4.92 Å². The number of hydrogen-bond donors (Lipinski definition) is 1. The first-order valence-corrected chi connectivity index (χ1v) is 6.55. The standard InChI is InChI=1S/C10H16N4O2S/c1-5-6(2)11-9-8(14(15)16)7(3)12-10(13-9)17-4/h6H,5H2,1-4H3,(H,11,12,13). The van der Waals surface area contributed by atoms with Crippen LogP contribution in [-0.4, -0.2) is 27.2 Å². The molecule has 0 radical (unpaired) electrons. The van der Waals surface area contributed by atoms with Crippen molar-refractivity contribution >= 4 is 23.3 Å². The summed E-state index contributed by atoms with van der Waals surface area (Å²) in [7, 11) is 0. The van der Waals surface area contributed by atoms with Gasteiger partial charge in [0, 0.05) is 6.04 Å². The topological polar surface area (TPSA) is 81.0 Å². The van der Waals surface area contributed by atoms with Crippen molar-refractivity contribution in [1.82, 2.24) is 9.97 Å². The van der Waals surface area contributed by atoms with Crippen molar-refractivity contribution in [3.8, 4) is 0 Å². The Morgan fingerprint density at radius 2 is 2.18 bits per heavy atom. The molecule has 1 atom stereocenters. The van der Waals surface area contributed by atoms with Crippen LogP contribution in [0.25, 0.3) is 0 Å². The third-order valence-corrected chi connectivity index (χ3v) is 2.95. The molecule has 0 saturated heterocycles. The molecule has 1 aromatic heterocycles. The van der Waals surface area contributed by atoms with Gasteiger partial charge in [0.05, 0.1) is 4.92 Å². The molecule has 0 fully saturated rings. The van der Waals surface area contributed by atoms with Crippen molar-refractivity contribution in [3.63, 3.8) is 0 Å². The molecule has 94 valence electrons. The van der Waals surface area contributed by atoms with Gasteiger partial charge in [0.15, 0.2) is 5.16 Å². The summed E-state index contributed by atoms with van der Waals surface area (Å²) in [6, 6.07) is 0.137. The van der Waals surface area contributed by atoms with Crippen LogP contribution in [0, 0.1) is 17.0 Å². The van der Waals surface area contributed by atoms with Crippen LogP contribution in [0.4, 0.5) is 11.5 Å². The average Bonchev–Trinajstić information content (AvgIpc) is 2.27. The minimum Gasteiger partial charge on any atom is -0.362 e. The van der Waals surface area contributed by atoms with E-state index in [1.165, 1.54) is 11.8 Å². The first-order valence-electron chi connectivity index (χ1n) is 5.33. The van der Waals surface area contributed by atoms with Crippen molar-refractivity contribution in [2.75, 3.05) is 11.6 Å². The molecule has 0 aliphatic rings. The molecule has 1 aromatic rings. The van der Waals surface area contributed by atoms with Gasteiger partial charge in [-0.15, -0.1) is 0 Å². The van der Waals surface area contributed by atoms with Gasteiger partial charge in [-0.2, -0.15) is 4.98 Å². The number of aryl methyl sites for hydroxylation is 1.